The van der Waals surface area contributed by atoms with Gasteiger partial charge in [0.1, 0.15) is 5.75 Å². The summed E-state index contributed by atoms with van der Waals surface area (Å²) in [4.78, 5) is 12.2. The molecule has 3 rings (SSSR count). The van der Waals surface area contributed by atoms with Crippen molar-refractivity contribution in [3.8, 4) is 5.75 Å². The molecule has 2 aromatic carbocycles. The smallest absolute Gasteiger partial charge is 0.258 e. The van der Waals surface area contributed by atoms with E-state index in [0.717, 1.165) is 46.0 Å². The number of nitrogens with zero attached hydrogens (tertiary/aromatic N) is 4. The largest absolute Gasteiger partial charge is 0.483 e. The van der Waals surface area contributed by atoms with Crippen molar-refractivity contribution in [2.24, 2.45) is 7.05 Å². The summed E-state index contributed by atoms with van der Waals surface area (Å²) in [6.45, 7) is 7.37. The van der Waals surface area contributed by atoms with Gasteiger partial charge in [-0.3, -0.25) is 4.79 Å². The number of halogens is 1. The van der Waals surface area contributed by atoms with E-state index in [0.29, 0.717) is 6.54 Å². The highest BCUT2D eigenvalue weighted by Crippen LogP contribution is 2.28. The SMILES string of the molecule is Cl.Cn1nnnc1SCCCNCc1c(OCC(=O)NC(C)(C)C)ccc2ccccc12. The zero-order valence-corrected chi connectivity index (χ0v) is 20.6. The lowest BCUT2D eigenvalue weighted by atomic mass is 10.0. The molecule has 32 heavy (non-hydrogen) atoms. The van der Waals surface area contributed by atoms with E-state index < -0.39 is 0 Å². The molecule has 1 amide bonds. The molecule has 1 heterocycles. The van der Waals surface area contributed by atoms with Crippen LogP contribution in [0.2, 0.25) is 0 Å². The number of aromatic nitrogens is 4. The average molecular weight is 479 g/mol. The molecule has 1 aromatic heterocycles. The van der Waals surface area contributed by atoms with Crippen molar-refractivity contribution in [3.63, 3.8) is 0 Å². The molecule has 0 atom stereocenters. The Hall–Kier alpha value is -2.36. The van der Waals surface area contributed by atoms with Crippen molar-refractivity contribution in [2.75, 3.05) is 18.9 Å². The molecule has 0 aliphatic rings. The zero-order chi connectivity index (χ0) is 22.3. The van der Waals surface area contributed by atoms with Gasteiger partial charge in [-0.05, 0) is 61.0 Å². The second-order valence-corrected chi connectivity index (χ2v) is 9.38. The van der Waals surface area contributed by atoms with Gasteiger partial charge in [-0.25, -0.2) is 4.68 Å². The minimum atomic E-state index is -0.284. The fraction of sp³-hybridized carbons (Fsp3) is 0.455. The average Bonchev–Trinajstić information content (AvgIpc) is 3.13. The molecule has 2 N–H and O–H groups in total. The van der Waals surface area contributed by atoms with Gasteiger partial charge in [0, 0.05) is 30.4 Å². The van der Waals surface area contributed by atoms with Crippen LogP contribution >= 0.6 is 24.2 Å². The molecular weight excluding hydrogens is 448 g/mol. The third-order valence-corrected chi connectivity index (χ3v) is 5.58. The lowest BCUT2D eigenvalue weighted by Gasteiger charge is -2.21. The third kappa shape index (κ3) is 7.65. The van der Waals surface area contributed by atoms with Crippen LogP contribution < -0.4 is 15.4 Å². The predicted molar refractivity (Wildman–Crippen MR) is 130 cm³/mol. The van der Waals surface area contributed by atoms with Crippen LogP contribution in [0.5, 0.6) is 5.75 Å². The molecule has 0 spiro atoms. The number of amides is 1. The Morgan fingerprint density at radius 1 is 1.19 bits per heavy atom. The molecule has 3 aromatic rings. The number of nitrogens with one attached hydrogen (secondary N) is 2. The summed E-state index contributed by atoms with van der Waals surface area (Å²) in [5.74, 6) is 1.53. The number of benzene rings is 2. The maximum absolute atomic E-state index is 12.2. The quantitative estimate of drug-likeness (QED) is 0.341. The van der Waals surface area contributed by atoms with Crippen molar-refractivity contribution >= 4 is 40.8 Å². The van der Waals surface area contributed by atoms with Gasteiger partial charge in [0.15, 0.2) is 6.61 Å². The van der Waals surface area contributed by atoms with Crippen molar-refractivity contribution in [1.82, 2.24) is 30.8 Å². The van der Waals surface area contributed by atoms with E-state index in [1.807, 2.05) is 52.1 Å². The number of carbonyl (C=O) groups is 1. The Balaban J connectivity index is 0.00000363. The molecule has 0 aliphatic carbocycles. The Bertz CT molecular complexity index is 1020. The molecule has 8 nitrogen and oxygen atoms in total. The summed E-state index contributed by atoms with van der Waals surface area (Å²) in [5.41, 5.74) is 0.777. The highest BCUT2D eigenvalue weighted by molar-refractivity contribution is 7.99. The van der Waals surface area contributed by atoms with E-state index in [1.165, 1.54) is 0 Å². The molecule has 174 valence electrons. The van der Waals surface area contributed by atoms with Crippen LogP contribution in [0.25, 0.3) is 10.8 Å². The van der Waals surface area contributed by atoms with Gasteiger partial charge >= 0.3 is 0 Å². The van der Waals surface area contributed by atoms with Crippen molar-refractivity contribution in [2.45, 2.75) is 44.4 Å². The van der Waals surface area contributed by atoms with Gasteiger partial charge in [-0.2, -0.15) is 0 Å². The van der Waals surface area contributed by atoms with E-state index in [2.05, 4.69) is 38.3 Å². The van der Waals surface area contributed by atoms with Gasteiger partial charge in [0.25, 0.3) is 5.91 Å². The first-order valence-electron chi connectivity index (χ1n) is 10.3. The van der Waals surface area contributed by atoms with E-state index in [-0.39, 0.29) is 30.5 Å². The number of hydrogen-bond acceptors (Lipinski definition) is 7. The Labute approximate surface area is 199 Å². The first-order chi connectivity index (χ1) is 14.8. The van der Waals surface area contributed by atoms with E-state index >= 15 is 0 Å². The lowest BCUT2D eigenvalue weighted by molar-refractivity contribution is -0.124. The van der Waals surface area contributed by atoms with Gasteiger partial charge in [-0.1, -0.05) is 42.1 Å². The van der Waals surface area contributed by atoms with E-state index in [4.69, 9.17) is 4.74 Å². The Kier molecular flexibility index (Phi) is 9.74. The minimum Gasteiger partial charge on any atom is -0.483 e. The van der Waals surface area contributed by atoms with Gasteiger partial charge < -0.3 is 15.4 Å². The van der Waals surface area contributed by atoms with Crippen molar-refractivity contribution < 1.29 is 9.53 Å². The number of carbonyl (C=O) groups excluding carboxylic acids is 1. The number of fused-ring (bicyclic) bond motifs is 1. The monoisotopic (exact) mass is 478 g/mol. The van der Waals surface area contributed by atoms with Crippen LogP contribution in [0.3, 0.4) is 0 Å². The topological polar surface area (TPSA) is 94.0 Å². The summed E-state index contributed by atoms with van der Waals surface area (Å²) in [5, 5.41) is 21.0. The molecule has 0 unspecified atom stereocenters. The maximum atomic E-state index is 12.2. The molecule has 10 heteroatoms. The zero-order valence-electron chi connectivity index (χ0n) is 18.9. The number of rotatable bonds is 10. The third-order valence-electron chi connectivity index (χ3n) is 4.48. The first kappa shape index (κ1) is 25.9. The summed E-state index contributed by atoms with van der Waals surface area (Å²) in [6.07, 6.45) is 0.979. The van der Waals surface area contributed by atoms with E-state index in [1.54, 1.807) is 16.4 Å². The van der Waals surface area contributed by atoms with Crippen LogP contribution in [0.15, 0.2) is 41.6 Å². The lowest BCUT2D eigenvalue weighted by Crippen LogP contribution is -2.43. The van der Waals surface area contributed by atoms with Crippen molar-refractivity contribution in [1.29, 1.82) is 0 Å². The highest BCUT2D eigenvalue weighted by atomic mass is 35.5. The van der Waals surface area contributed by atoms with Crippen LogP contribution in [-0.2, 0) is 18.4 Å². The van der Waals surface area contributed by atoms with Crippen molar-refractivity contribution in [3.05, 3.63) is 42.0 Å². The normalized spacial score (nSPS) is 11.2. The number of thioether (sulfide) groups is 1. The van der Waals surface area contributed by atoms with Gasteiger partial charge in [-0.15, -0.1) is 17.5 Å². The molecule has 0 saturated heterocycles. The fourth-order valence-corrected chi connectivity index (χ4v) is 3.94. The molecule has 0 saturated carbocycles. The molecule has 0 bridgehead atoms. The summed E-state index contributed by atoms with van der Waals surface area (Å²) in [6, 6.07) is 12.2. The summed E-state index contributed by atoms with van der Waals surface area (Å²) in [7, 11) is 1.84. The molecule has 0 radical (unpaired) electrons. The van der Waals surface area contributed by atoms with Crippen LogP contribution in [0.1, 0.15) is 32.8 Å². The van der Waals surface area contributed by atoms with Gasteiger partial charge in [0.05, 0.1) is 0 Å². The molecule has 0 fully saturated rings. The second kappa shape index (κ2) is 12.0. The first-order valence-corrected chi connectivity index (χ1v) is 11.3. The second-order valence-electron chi connectivity index (χ2n) is 8.31. The standard InChI is InChI=1S/C22H30N6O2S.ClH/c1-22(2,3)24-20(29)15-30-19-11-10-16-8-5-6-9-17(16)18(19)14-23-12-7-13-31-21-25-26-27-28(21)4;/h5-6,8-11,23H,7,12-15H2,1-4H3,(H,24,29);1H. The highest BCUT2D eigenvalue weighted by Gasteiger charge is 2.15. The maximum Gasteiger partial charge on any atom is 0.258 e. The Morgan fingerprint density at radius 3 is 2.69 bits per heavy atom. The van der Waals surface area contributed by atoms with E-state index in [9.17, 15) is 4.79 Å². The van der Waals surface area contributed by atoms with Crippen LogP contribution in [0, 0.1) is 0 Å². The number of aryl methyl sites for hydroxylation is 1. The molecule has 0 aliphatic heterocycles. The summed E-state index contributed by atoms with van der Waals surface area (Å²) < 4.78 is 7.59. The number of tetrazole rings is 1. The summed E-state index contributed by atoms with van der Waals surface area (Å²) >= 11 is 1.64. The van der Waals surface area contributed by atoms with Crippen LogP contribution in [-0.4, -0.2) is 50.6 Å². The van der Waals surface area contributed by atoms with Crippen LogP contribution in [0.4, 0.5) is 0 Å². The molecular formula is C22H31ClN6O2S. The fourth-order valence-electron chi connectivity index (χ4n) is 3.15. The number of ether oxygens (including phenoxy) is 1. The minimum absolute atomic E-state index is 0. The Morgan fingerprint density at radius 2 is 1.97 bits per heavy atom. The number of hydrogen-bond donors (Lipinski definition) is 2. The van der Waals surface area contributed by atoms with Gasteiger partial charge in [0.2, 0.25) is 5.16 Å². The predicted octanol–water partition coefficient (Wildman–Crippen LogP) is 3.35.